The van der Waals surface area contributed by atoms with Gasteiger partial charge in [-0.15, -0.1) is 5.92 Å². The summed E-state index contributed by atoms with van der Waals surface area (Å²) < 4.78 is 2.33. The number of aromatic nitrogens is 2. The smallest absolute Gasteiger partial charge is 0.121 e. The predicted octanol–water partition coefficient (Wildman–Crippen LogP) is 8.19. The van der Waals surface area contributed by atoms with Gasteiger partial charge in [-0.05, 0) is 35.4 Å². The van der Waals surface area contributed by atoms with E-state index in [4.69, 9.17) is 4.98 Å². The van der Waals surface area contributed by atoms with Crippen LogP contribution in [-0.2, 0) is 5.54 Å². The second-order valence-electron chi connectivity index (χ2n) is 10.8. The third kappa shape index (κ3) is 4.88. The Morgan fingerprint density at radius 2 is 1.32 bits per heavy atom. The summed E-state index contributed by atoms with van der Waals surface area (Å²) in [7, 11) is 0. The van der Waals surface area contributed by atoms with Crippen molar-refractivity contribution in [1.29, 1.82) is 0 Å². The summed E-state index contributed by atoms with van der Waals surface area (Å²) >= 11 is 0. The van der Waals surface area contributed by atoms with Crippen LogP contribution in [0.3, 0.4) is 0 Å². The molecule has 2 fully saturated rings. The van der Waals surface area contributed by atoms with Crippen molar-refractivity contribution in [2.75, 3.05) is 0 Å². The normalized spacial score (nSPS) is 19.7. The number of benzene rings is 3. The summed E-state index contributed by atoms with van der Waals surface area (Å²) in [5, 5.41) is 0. The molecule has 6 rings (SSSR count). The van der Waals surface area contributed by atoms with E-state index in [1.807, 2.05) is 6.33 Å². The molecule has 0 N–H and O–H groups in total. The average Bonchev–Trinajstić information content (AvgIpc) is 3.58. The highest BCUT2D eigenvalue weighted by molar-refractivity contribution is 5.51. The molecule has 186 valence electrons. The van der Waals surface area contributed by atoms with Crippen LogP contribution in [0, 0.1) is 23.7 Å². The average molecular weight is 485 g/mol. The van der Waals surface area contributed by atoms with Crippen LogP contribution in [0.4, 0.5) is 0 Å². The maximum absolute atomic E-state index is 4.97. The molecule has 2 nitrogen and oxygen atoms in total. The minimum atomic E-state index is -0.495. The Morgan fingerprint density at radius 3 is 1.89 bits per heavy atom. The molecule has 1 heterocycles. The van der Waals surface area contributed by atoms with Gasteiger partial charge in [0.15, 0.2) is 0 Å². The number of rotatable bonds is 7. The lowest BCUT2D eigenvalue weighted by molar-refractivity contribution is 0.342. The maximum atomic E-state index is 4.97. The highest BCUT2D eigenvalue weighted by Crippen LogP contribution is 2.48. The van der Waals surface area contributed by atoms with Crippen molar-refractivity contribution in [2.24, 2.45) is 11.8 Å². The zero-order valence-electron chi connectivity index (χ0n) is 21.6. The minimum absolute atomic E-state index is 0.448. The fourth-order valence-electron chi connectivity index (χ4n) is 6.33. The summed E-state index contributed by atoms with van der Waals surface area (Å²) in [5.41, 5.74) is 4.35. The molecule has 0 spiro atoms. The van der Waals surface area contributed by atoms with Crippen molar-refractivity contribution in [1.82, 2.24) is 9.55 Å². The summed E-state index contributed by atoms with van der Waals surface area (Å²) in [6.45, 7) is 0. The first-order valence-electron chi connectivity index (χ1n) is 14.0. The second-order valence-corrected chi connectivity index (χ2v) is 10.8. The van der Waals surface area contributed by atoms with Gasteiger partial charge < -0.3 is 4.57 Å². The number of hydrogen-bond donors (Lipinski definition) is 0. The van der Waals surface area contributed by atoms with E-state index in [1.165, 1.54) is 60.9 Å². The van der Waals surface area contributed by atoms with Crippen molar-refractivity contribution >= 4 is 0 Å². The summed E-state index contributed by atoms with van der Waals surface area (Å²) in [6, 6.07) is 32.5. The van der Waals surface area contributed by atoms with Gasteiger partial charge in [-0.25, -0.2) is 4.98 Å². The van der Waals surface area contributed by atoms with Gasteiger partial charge in [0.2, 0.25) is 0 Å². The predicted molar refractivity (Wildman–Crippen MR) is 151 cm³/mol. The first-order valence-corrected chi connectivity index (χ1v) is 14.0. The van der Waals surface area contributed by atoms with Crippen LogP contribution in [-0.4, -0.2) is 9.55 Å². The molecule has 2 saturated carbocycles. The molecule has 37 heavy (non-hydrogen) atoms. The first-order chi connectivity index (χ1) is 18.4. The molecule has 2 atom stereocenters. The lowest BCUT2D eigenvalue weighted by Crippen LogP contribution is -2.36. The second kappa shape index (κ2) is 10.8. The number of hydrogen-bond acceptors (Lipinski definition) is 1. The lowest BCUT2D eigenvalue weighted by Gasteiger charge is -2.37. The van der Waals surface area contributed by atoms with Gasteiger partial charge in [0.05, 0.1) is 12.0 Å². The van der Waals surface area contributed by atoms with Crippen LogP contribution in [0.1, 0.15) is 79.7 Å². The zero-order valence-corrected chi connectivity index (χ0v) is 21.6. The summed E-state index contributed by atoms with van der Waals surface area (Å²) in [6.07, 6.45) is 14.9. The van der Waals surface area contributed by atoms with Crippen LogP contribution in [0.5, 0.6) is 0 Å². The third-order valence-electron chi connectivity index (χ3n) is 8.42. The van der Waals surface area contributed by atoms with Gasteiger partial charge in [0.1, 0.15) is 5.54 Å². The number of nitrogens with zero attached hydrogens (tertiary/aromatic N) is 2. The third-order valence-corrected chi connectivity index (χ3v) is 8.42. The highest BCUT2D eigenvalue weighted by Gasteiger charge is 2.42. The SMILES string of the molecule is C(#CC1CC1c1cn(C(c2ccccc2)(c2ccccc2)c2ccccc2)cn1)CCC1CCCCC1. The topological polar surface area (TPSA) is 17.8 Å². The molecule has 4 aromatic rings. The fraction of sp³-hybridized carbons (Fsp3) is 0.343. The molecule has 0 amide bonds. The van der Waals surface area contributed by atoms with E-state index >= 15 is 0 Å². The van der Waals surface area contributed by atoms with E-state index in [-0.39, 0.29) is 0 Å². The fourth-order valence-corrected chi connectivity index (χ4v) is 6.33. The van der Waals surface area contributed by atoms with Crippen LogP contribution in [0.15, 0.2) is 104 Å². The van der Waals surface area contributed by atoms with E-state index in [0.717, 1.165) is 18.8 Å². The highest BCUT2D eigenvalue weighted by atomic mass is 15.1. The van der Waals surface area contributed by atoms with Crippen LogP contribution < -0.4 is 0 Å². The first kappa shape index (κ1) is 23.8. The molecule has 3 aromatic carbocycles. The largest absolute Gasteiger partial charge is 0.319 e. The molecular weight excluding hydrogens is 448 g/mol. The Labute approximate surface area is 221 Å². The molecule has 2 unspecified atom stereocenters. The van der Waals surface area contributed by atoms with Crippen molar-refractivity contribution in [2.45, 2.75) is 62.8 Å². The molecule has 2 aliphatic rings. The molecule has 0 aliphatic heterocycles. The van der Waals surface area contributed by atoms with E-state index in [1.54, 1.807) is 0 Å². The molecule has 0 radical (unpaired) electrons. The Bertz CT molecular complexity index is 1240. The van der Waals surface area contributed by atoms with Gasteiger partial charge >= 0.3 is 0 Å². The maximum Gasteiger partial charge on any atom is 0.121 e. The zero-order chi connectivity index (χ0) is 24.9. The quantitative estimate of drug-likeness (QED) is 0.191. The van der Waals surface area contributed by atoms with Crippen LogP contribution in [0.2, 0.25) is 0 Å². The van der Waals surface area contributed by atoms with E-state index in [2.05, 4.69) is 114 Å². The summed E-state index contributed by atoms with van der Waals surface area (Å²) in [4.78, 5) is 4.97. The van der Waals surface area contributed by atoms with Gasteiger partial charge in [-0.3, -0.25) is 0 Å². The Hall–Kier alpha value is -3.57. The van der Waals surface area contributed by atoms with E-state index in [9.17, 15) is 0 Å². The standard InChI is InChI=1S/C35H36N2/c1-5-15-28(16-6-1)17-13-14-18-29-25-33(29)34-26-37(27-36-34)35(30-19-7-2-8-20-30,31-21-9-3-10-22-31)32-23-11-4-12-24-32/h2-4,7-12,19-24,26-29,33H,1,5-6,13,15-17,25H2. The molecule has 1 aromatic heterocycles. The van der Waals surface area contributed by atoms with Crippen molar-refractivity contribution in [3.05, 3.63) is 126 Å². The molecule has 2 heteroatoms. The lowest BCUT2D eigenvalue weighted by atomic mass is 9.77. The van der Waals surface area contributed by atoms with Gasteiger partial charge in [-0.2, -0.15) is 0 Å². The Balaban J connectivity index is 1.30. The number of imidazole rings is 1. The Morgan fingerprint density at radius 1 is 0.757 bits per heavy atom. The van der Waals surface area contributed by atoms with Crippen LogP contribution >= 0.6 is 0 Å². The molecule has 2 aliphatic carbocycles. The van der Waals surface area contributed by atoms with Crippen molar-refractivity contribution in [3.8, 4) is 11.8 Å². The van der Waals surface area contributed by atoms with Gasteiger partial charge in [-0.1, -0.05) is 129 Å². The molecule has 0 saturated heterocycles. The van der Waals surface area contributed by atoms with E-state index < -0.39 is 5.54 Å². The van der Waals surface area contributed by atoms with Crippen molar-refractivity contribution in [3.63, 3.8) is 0 Å². The molecule has 0 bridgehead atoms. The van der Waals surface area contributed by atoms with Crippen LogP contribution in [0.25, 0.3) is 0 Å². The monoisotopic (exact) mass is 484 g/mol. The van der Waals surface area contributed by atoms with Crippen molar-refractivity contribution < 1.29 is 0 Å². The van der Waals surface area contributed by atoms with Gasteiger partial charge in [0.25, 0.3) is 0 Å². The summed E-state index contributed by atoms with van der Waals surface area (Å²) in [5.74, 6) is 8.93. The van der Waals surface area contributed by atoms with Gasteiger partial charge in [0, 0.05) is 24.5 Å². The Kier molecular flexibility index (Phi) is 6.96. The molecular formula is C35H36N2. The minimum Gasteiger partial charge on any atom is -0.319 e. The van der Waals surface area contributed by atoms with E-state index in [0.29, 0.717) is 11.8 Å².